The highest BCUT2D eigenvalue weighted by Crippen LogP contribution is 2.42. The Hall–Kier alpha value is -3.84. The Kier molecular flexibility index (Phi) is 8.07. The zero-order valence-electron chi connectivity index (χ0n) is 20.6. The Bertz CT molecular complexity index is 1350. The van der Waals surface area contributed by atoms with E-state index in [1.807, 2.05) is 6.92 Å². The van der Waals surface area contributed by atoms with Crippen LogP contribution >= 0.6 is 0 Å². The summed E-state index contributed by atoms with van der Waals surface area (Å²) in [5.74, 6) is -2.18. The van der Waals surface area contributed by atoms with Gasteiger partial charge in [0.1, 0.15) is 41.0 Å². The van der Waals surface area contributed by atoms with E-state index in [2.05, 4.69) is 0 Å². The maximum Gasteiger partial charge on any atom is 0.338 e. The van der Waals surface area contributed by atoms with Gasteiger partial charge in [-0.3, -0.25) is 4.79 Å². The van der Waals surface area contributed by atoms with Crippen molar-refractivity contribution in [2.45, 2.75) is 50.5 Å². The number of carbonyl (C=O) groups is 1. The maximum absolute atomic E-state index is 12.9. The van der Waals surface area contributed by atoms with Gasteiger partial charge in [-0.25, -0.2) is 4.79 Å². The molecule has 0 radical (unpaired) electrons. The summed E-state index contributed by atoms with van der Waals surface area (Å²) in [4.78, 5) is 25.3. The van der Waals surface area contributed by atoms with Gasteiger partial charge in [-0.2, -0.15) is 0 Å². The summed E-state index contributed by atoms with van der Waals surface area (Å²) >= 11 is 0. The maximum atomic E-state index is 12.9. The molecule has 204 valence electrons. The highest BCUT2D eigenvalue weighted by Gasteiger charge is 2.49. The third-order valence-electron chi connectivity index (χ3n) is 6.07. The first kappa shape index (κ1) is 27.2. The summed E-state index contributed by atoms with van der Waals surface area (Å²) in [6.07, 6.45) is -7.83. The third-order valence-corrected chi connectivity index (χ3v) is 6.07. The van der Waals surface area contributed by atoms with Crippen molar-refractivity contribution in [2.75, 3.05) is 13.7 Å². The lowest BCUT2D eigenvalue weighted by Gasteiger charge is -2.39. The van der Waals surface area contributed by atoms with Crippen molar-refractivity contribution >= 4 is 16.9 Å². The smallest absolute Gasteiger partial charge is 0.338 e. The zero-order chi connectivity index (χ0) is 27.6. The van der Waals surface area contributed by atoms with Crippen molar-refractivity contribution in [2.24, 2.45) is 0 Å². The molecule has 0 amide bonds. The van der Waals surface area contributed by atoms with Gasteiger partial charge in [-0.1, -0.05) is 13.3 Å². The molecule has 0 unspecified atom stereocenters. The third kappa shape index (κ3) is 5.24. The number of methoxy groups -OCH3 is 1. The minimum atomic E-state index is -1.88. The van der Waals surface area contributed by atoms with Crippen molar-refractivity contribution in [3.63, 3.8) is 0 Å². The van der Waals surface area contributed by atoms with E-state index >= 15 is 0 Å². The second kappa shape index (κ2) is 11.3. The van der Waals surface area contributed by atoms with Gasteiger partial charge in [-0.05, 0) is 30.7 Å². The molecule has 5 atom stereocenters. The number of rotatable bonds is 8. The lowest BCUT2D eigenvalue weighted by Crippen LogP contribution is -2.61. The molecule has 2 heterocycles. The molecule has 1 aliphatic heterocycles. The molecule has 38 heavy (non-hydrogen) atoms. The van der Waals surface area contributed by atoms with Crippen LogP contribution in [0.5, 0.6) is 23.0 Å². The molecular formula is C26H28O12. The van der Waals surface area contributed by atoms with Gasteiger partial charge < -0.3 is 48.9 Å². The van der Waals surface area contributed by atoms with Gasteiger partial charge >= 0.3 is 5.97 Å². The first-order valence-corrected chi connectivity index (χ1v) is 11.9. The molecule has 0 spiro atoms. The Morgan fingerprint density at radius 3 is 2.37 bits per heavy atom. The first-order valence-electron chi connectivity index (χ1n) is 11.9. The molecule has 1 aromatic heterocycles. The van der Waals surface area contributed by atoms with Crippen LogP contribution in [-0.4, -0.2) is 75.9 Å². The van der Waals surface area contributed by atoms with Crippen LogP contribution in [0.15, 0.2) is 45.6 Å². The number of aromatic hydroxyl groups is 2. The van der Waals surface area contributed by atoms with Crippen molar-refractivity contribution in [3.05, 3.63) is 46.6 Å². The minimum Gasteiger partial charge on any atom is -0.507 e. The van der Waals surface area contributed by atoms with Gasteiger partial charge in [0.25, 0.3) is 0 Å². The number of hydrogen-bond donors (Lipinski definition) is 5. The van der Waals surface area contributed by atoms with Crippen LogP contribution < -0.4 is 14.9 Å². The first-order chi connectivity index (χ1) is 18.2. The van der Waals surface area contributed by atoms with Gasteiger partial charge in [0.2, 0.25) is 12.0 Å². The fourth-order valence-electron chi connectivity index (χ4n) is 3.95. The summed E-state index contributed by atoms with van der Waals surface area (Å²) in [5, 5.41) is 51.7. The molecule has 0 aliphatic carbocycles. The van der Waals surface area contributed by atoms with Gasteiger partial charge in [-0.15, -0.1) is 0 Å². The number of phenolic OH excluding ortho intramolecular Hbond substituents is 2. The predicted molar refractivity (Wildman–Crippen MR) is 131 cm³/mol. The fraction of sp³-hybridized carbons (Fsp3) is 0.385. The average molecular weight is 532 g/mol. The van der Waals surface area contributed by atoms with Crippen LogP contribution in [0.25, 0.3) is 22.3 Å². The largest absolute Gasteiger partial charge is 0.507 e. The highest BCUT2D eigenvalue weighted by atomic mass is 16.7. The van der Waals surface area contributed by atoms with Crippen LogP contribution in [0.1, 0.15) is 19.8 Å². The van der Waals surface area contributed by atoms with E-state index in [9.17, 15) is 35.1 Å². The summed E-state index contributed by atoms with van der Waals surface area (Å²) in [6.45, 7) is 1.94. The van der Waals surface area contributed by atoms with E-state index < -0.39 is 59.4 Å². The molecule has 1 saturated heterocycles. The van der Waals surface area contributed by atoms with E-state index in [1.165, 1.54) is 7.11 Å². The number of aliphatic hydroxyl groups is 3. The number of phenols is 2. The molecular weight excluding hydrogens is 504 g/mol. The van der Waals surface area contributed by atoms with Gasteiger partial charge in [0, 0.05) is 17.7 Å². The quantitative estimate of drug-likeness (QED) is 0.208. The Balaban J connectivity index is 1.73. The number of benzene rings is 2. The molecule has 0 bridgehead atoms. The van der Waals surface area contributed by atoms with Crippen LogP contribution in [0, 0.1) is 0 Å². The molecule has 1 aliphatic rings. The number of fused-ring (bicyclic) bond motifs is 1. The van der Waals surface area contributed by atoms with E-state index in [-0.39, 0.29) is 23.3 Å². The molecule has 1 fully saturated rings. The molecule has 12 heteroatoms. The topological polar surface area (TPSA) is 185 Å². The summed E-state index contributed by atoms with van der Waals surface area (Å²) in [5.41, 5.74) is -0.599. The number of ether oxygens (including phenoxy) is 4. The average Bonchev–Trinajstić information content (AvgIpc) is 2.90. The standard InChI is InChI=1S/C26H28O12/c1-3-4-9-35-25(33)24-20(31)19(30)21(32)26(38-24)37-22-16(29)10-14(27)18-15(28)11-17(36-23(18)22)12-5-7-13(34-2)8-6-12/h5-8,10-11,19-21,24,26-27,29-32H,3-4,9H2,1-2H3/t19-,20-,21+,24-,26+/m0/s1. The minimum absolute atomic E-state index is 0.0504. The van der Waals surface area contributed by atoms with Crippen LogP contribution in [0.4, 0.5) is 0 Å². The fourth-order valence-corrected chi connectivity index (χ4v) is 3.95. The molecule has 3 aromatic rings. The van der Waals surface area contributed by atoms with Gasteiger partial charge in [0.15, 0.2) is 22.9 Å². The summed E-state index contributed by atoms with van der Waals surface area (Å²) in [7, 11) is 1.49. The Morgan fingerprint density at radius 1 is 1.00 bits per heavy atom. The SMILES string of the molecule is CCCCOC(=O)[C@H]1O[C@@H](Oc2c(O)cc(O)c3c(=O)cc(-c4ccc(OC)cc4)oc23)[C@H](O)[C@@H](O)[C@@H]1O. The molecule has 12 nitrogen and oxygen atoms in total. The second-order valence-electron chi connectivity index (χ2n) is 8.69. The lowest BCUT2D eigenvalue weighted by atomic mass is 9.99. The van der Waals surface area contributed by atoms with Crippen molar-refractivity contribution in [1.82, 2.24) is 0 Å². The number of aliphatic hydroxyl groups excluding tert-OH is 3. The van der Waals surface area contributed by atoms with E-state index in [1.54, 1.807) is 24.3 Å². The zero-order valence-corrected chi connectivity index (χ0v) is 20.6. The monoisotopic (exact) mass is 532 g/mol. The van der Waals surface area contributed by atoms with Crippen molar-refractivity contribution in [3.8, 4) is 34.3 Å². The summed E-state index contributed by atoms with van der Waals surface area (Å²) < 4.78 is 27.0. The second-order valence-corrected chi connectivity index (χ2v) is 8.69. The molecule has 5 N–H and O–H groups in total. The Labute approximate surface area is 216 Å². The molecule has 0 saturated carbocycles. The molecule has 2 aromatic carbocycles. The lowest BCUT2D eigenvalue weighted by molar-refractivity contribution is -0.272. The van der Waals surface area contributed by atoms with Crippen molar-refractivity contribution in [1.29, 1.82) is 0 Å². The summed E-state index contributed by atoms with van der Waals surface area (Å²) in [6, 6.07) is 8.47. The van der Waals surface area contributed by atoms with E-state index in [0.29, 0.717) is 17.7 Å². The van der Waals surface area contributed by atoms with Crippen molar-refractivity contribution < 1.29 is 53.7 Å². The van der Waals surface area contributed by atoms with E-state index in [0.717, 1.165) is 18.6 Å². The highest BCUT2D eigenvalue weighted by molar-refractivity contribution is 5.91. The molecule has 4 rings (SSSR count). The van der Waals surface area contributed by atoms with E-state index in [4.69, 9.17) is 23.4 Å². The Morgan fingerprint density at radius 2 is 1.71 bits per heavy atom. The van der Waals surface area contributed by atoms with Gasteiger partial charge in [0.05, 0.1) is 13.7 Å². The van der Waals surface area contributed by atoms with Crippen LogP contribution in [-0.2, 0) is 14.3 Å². The normalized spacial score (nSPS) is 23.2. The van der Waals surface area contributed by atoms with Crippen LogP contribution in [0.3, 0.4) is 0 Å². The number of unbranched alkanes of at least 4 members (excludes halogenated alkanes) is 1. The predicted octanol–water partition coefficient (Wildman–Crippen LogP) is 1.41. The van der Waals surface area contributed by atoms with Crippen LogP contribution in [0.2, 0.25) is 0 Å². The number of hydrogen-bond acceptors (Lipinski definition) is 12. The number of esters is 1. The number of carbonyl (C=O) groups excluding carboxylic acids is 1.